The van der Waals surface area contributed by atoms with Crippen LogP contribution < -0.4 is 5.32 Å². The molecule has 0 aromatic carbocycles. The number of rotatable bonds is 4. The van der Waals surface area contributed by atoms with E-state index >= 15 is 0 Å². The van der Waals surface area contributed by atoms with Gasteiger partial charge in [-0.05, 0) is 12.2 Å². The van der Waals surface area contributed by atoms with Crippen LogP contribution in [0, 0.1) is 0 Å². The second-order valence-electron chi connectivity index (χ2n) is 2.13. The molecule has 0 atom stereocenters. The molecular formula is C10H13NO. The van der Waals surface area contributed by atoms with Gasteiger partial charge in [0.15, 0.2) is 0 Å². The van der Waals surface area contributed by atoms with E-state index in [0.717, 1.165) is 0 Å². The van der Waals surface area contributed by atoms with Crippen molar-refractivity contribution in [1.82, 2.24) is 5.32 Å². The van der Waals surface area contributed by atoms with Gasteiger partial charge in [-0.25, -0.2) is 0 Å². The summed E-state index contributed by atoms with van der Waals surface area (Å²) in [6.45, 7) is 8.50. The highest BCUT2D eigenvalue weighted by Crippen LogP contribution is 1.92. The van der Waals surface area contributed by atoms with E-state index < -0.39 is 0 Å². The second kappa shape index (κ2) is 6.16. The molecule has 0 spiro atoms. The van der Waals surface area contributed by atoms with Crippen molar-refractivity contribution in [2.45, 2.75) is 6.92 Å². The minimum Gasteiger partial charge on any atom is -0.326 e. The van der Waals surface area contributed by atoms with Crippen LogP contribution in [-0.4, -0.2) is 5.91 Å². The molecule has 0 aromatic rings. The average molecular weight is 163 g/mol. The molecule has 0 saturated heterocycles. The minimum atomic E-state index is -0.100. The van der Waals surface area contributed by atoms with E-state index in [1.165, 1.54) is 6.92 Å². The molecule has 0 radical (unpaired) electrons. The molecule has 2 nitrogen and oxygen atoms in total. The molecule has 0 bridgehead atoms. The zero-order valence-electron chi connectivity index (χ0n) is 7.21. The van der Waals surface area contributed by atoms with Gasteiger partial charge in [-0.2, -0.15) is 0 Å². The van der Waals surface area contributed by atoms with Crippen molar-refractivity contribution in [1.29, 1.82) is 0 Å². The van der Waals surface area contributed by atoms with E-state index in [9.17, 15) is 4.79 Å². The third-order valence-corrected chi connectivity index (χ3v) is 1.03. The lowest BCUT2D eigenvalue weighted by atomic mass is 10.3. The lowest BCUT2D eigenvalue weighted by Gasteiger charge is -1.99. The first-order valence-electron chi connectivity index (χ1n) is 3.60. The summed E-state index contributed by atoms with van der Waals surface area (Å²) in [5, 5.41) is 2.63. The first-order valence-corrected chi connectivity index (χ1v) is 3.60. The summed E-state index contributed by atoms with van der Waals surface area (Å²) in [4.78, 5) is 10.6. The third-order valence-electron chi connectivity index (χ3n) is 1.03. The fourth-order valence-corrected chi connectivity index (χ4v) is 0.641. The molecule has 64 valence electrons. The van der Waals surface area contributed by atoms with Crippen LogP contribution in [0.3, 0.4) is 0 Å². The summed E-state index contributed by atoms with van der Waals surface area (Å²) in [5.41, 5.74) is 0.706. The van der Waals surface area contributed by atoms with Crippen molar-refractivity contribution < 1.29 is 4.79 Å². The molecule has 0 aliphatic rings. The van der Waals surface area contributed by atoms with Crippen molar-refractivity contribution in [3.63, 3.8) is 0 Å². The smallest absolute Gasteiger partial charge is 0.221 e. The number of hydrogen-bond donors (Lipinski definition) is 1. The van der Waals surface area contributed by atoms with Gasteiger partial charge in [-0.3, -0.25) is 4.79 Å². The Morgan fingerprint density at radius 2 is 2.00 bits per heavy atom. The van der Waals surface area contributed by atoms with Gasteiger partial charge in [-0.15, -0.1) is 0 Å². The molecule has 0 unspecified atom stereocenters. The van der Waals surface area contributed by atoms with Crippen LogP contribution >= 0.6 is 0 Å². The fourth-order valence-electron chi connectivity index (χ4n) is 0.641. The molecule has 0 saturated carbocycles. The van der Waals surface area contributed by atoms with Gasteiger partial charge in [0.2, 0.25) is 5.91 Å². The molecule has 0 rings (SSSR count). The summed E-state index contributed by atoms with van der Waals surface area (Å²) in [6, 6.07) is 0. The Labute approximate surface area is 73.0 Å². The van der Waals surface area contributed by atoms with E-state index in [1.54, 1.807) is 30.4 Å². The molecule has 1 N–H and O–H groups in total. The molecule has 2 heteroatoms. The molecule has 1 amide bonds. The van der Waals surface area contributed by atoms with Gasteiger partial charge in [0.25, 0.3) is 0 Å². The molecule has 0 heterocycles. The van der Waals surface area contributed by atoms with Crippen LogP contribution in [0.1, 0.15) is 6.92 Å². The third kappa shape index (κ3) is 5.23. The van der Waals surface area contributed by atoms with Crippen LogP contribution in [0.2, 0.25) is 0 Å². The molecule has 12 heavy (non-hydrogen) atoms. The van der Waals surface area contributed by atoms with Crippen molar-refractivity contribution in [2.24, 2.45) is 0 Å². The Kier molecular flexibility index (Phi) is 5.35. The zero-order valence-corrected chi connectivity index (χ0v) is 7.21. The van der Waals surface area contributed by atoms with Gasteiger partial charge < -0.3 is 5.32 Å². The van der Waals surface area contributed by atoms with E-state index in [0.29, 0.717) is 5.70 Å². The van der Waals surface area contributed by atoms with Crippen LogP contribution in [0.5, 0.6) is 0 Å². The standard InChI is InChI=1S/C10H13NO/c1-4-6-8-10(7-5-2)11-9(3)12/h4-8H,1-2H2,3H3,(H,11,12)/b8-6-,10-7+. The van der Waals surface area contributed by atoms with E-state index in [2.05, 4.69) is 18.5 Å². The highest BCUT2D eigenvalue weighted by Gasteiger charge is 1.91. The number of hydrogen-bond acceptors (Lipinski definition) is 1. The monoisotopic (exact) mass is 163 g/mol. The molecule has 0 aliphatic heterocycles. The topological polar surface area (TPSA) is 29.1 Å². The van der Waals surface area contributed by atoms with Crippen molar-refractivity contribution >= 4 is 5.91 Å². The maximum atomic E-state index is 10.6. The number of carbonyl (C=O) groups is 1. The molecule has 0 aromatic heterocycles. The Morgan fingerprint density at radius 3 is 2.42 bits per heavy atom. The van der Waals surface area contributed by atoms with Gasteiger partial charge in [0.05, 0.1) is 0 Å². The summed E-state index contributed by atoms with van der Waals surface area (Å²) in [7, 11) is 0. The lowest BCUT2D eigenvalue weighted by Crippen LogP contribution is -2.17. The van der Waals surface area contributed by atoms with Crippen LogP contribution in [-0.2, 0) is 4.79 Å². The second-order valence-corrected chi connectivity index (χ2v) is 2.13. The normalized spacial score (nSPS) is 11.2. The Bertz CT molecular complexity index is 236. The quantitative estimate of drug-likeness (QED) is 0.630. The van der Waals surface area contributed by atoms with E-state index in [4.69, 9.17) is 0 Å². The van der Waals surface area contributed by atoms with Gasteiger partial charge in [0.1, 0.15) is 0 Å². The summed E-state index contributed by atoms with van der Waals surface area (Å²) in [6.07, 6.45) is 8.44. The van der Waals surface area contributed by atoms with Crippen LogP contribution in [0.25, 0.3) is 0 Å². The van der Waals surface area contributed by atoms with Crippen LogP contribution in [0.15, 0.2) is 49.2 Å². The predicted molar refractivity (Wildman–Crippen MR) is 51.4 cm³/mol. The summed E-state index contributed by atoms with van der Waals surface area (Å²) in [5.74, 6) is -0.100. The first-order chi connectivity index (χ1) is 5.70. The van der Waals surface area contributed by atoms with Gasteiger partial charge in [-0.1, -0.05) is 31.4 Å². The SMILES string of the molecule is C=C/C=C\C(=C/C=C)NC(C)=O. The Hall–Kier alpha value is -1.57. The van der Waals surface area contributed by atoms with E-state index in [1.807, 2.05) is 0 Å². The molecule has 0 aliphatic carbocycles. The van der Waals surface area contributed by atoms with Gasteiger partial charge >= 0.3 is 0 Å². The predicted octanol–water partition coefficient (Wildman–Crippen LogP) is 1.93. The average Bonchev–Trinajstić information content (AvgIpc) is 2.00. The number of amides is 1. The summed E-state index contributed by atoms with van der Waals surface area (Å²) >= 11 is 0. The van der Waals surface area contributed by atoms with Crippen molar-refractivity contribution in [3.8, 4) is 0 Å². The molecular weight excluding hydrogens is 150 g/mol. The fraction of sp³-hybridized carbons (Fsp3) is 0.100. The maximum absolute atomic E-state index is 10.6. The minimum absolute atomic E-state index is 0.100. The highest BCUT2D eigenvalue weighted by atomic mass is 16.1. The number of allylic oxidation sites excluding steroid dienone is 5. The summed E-state index contributed by atoms with van der Waals surface area (Å²) < 4.78 is 0. The van der Waals surface area contributed by atoms with E-state index in [-0.39, 0.29) is 5.91 Å². The zero-order chi connectivity index (χ0) is 9.40. The maximum Gasteiger partial charge on any atom is 0.221 e. The molecule has 0 fully saturated rings. The largest absolute Gasteiger partial charge is 0.326 e. The number of nitrogens with one attached hydrogen (secondary N) is 1. The first kappa shape index (κ1) is 10.4. The Morgan fingerprint density at radius 1 is 1.33 bits per heavy atom. The van der Waals surface area contributed by atoms with Crippen LogP contribution in [0.4, 0.5) is 0 Å². The number of carbonyl (C=O) groups excluding carboxylic acids is 1. The highest BCUT2D eigenvalue weighted by molar-refractivity contribution is 5.75. The Balaban J connectivity index is 4.33. The van der Waals surface area contributed by atoms with Gasteiger partial charge in [0, 0.05) is 12.6 Å². The lowest BCUT2D eigenvalue weighted by molar-refractivity contribution is -0.118. The van der Waals surface area contributed by atoms with Crippen molar-refractivity contribution in [2.75, 3.05) is 0 Å². The van der Waals surface area contributed by atoms with Crippen molar-refractivity contribution in [3.05, 3.63) is 49.2 Å².